The Bertz CT molecular complexity index is 465. The van der Waals surface area contributed by atoms with E-state index in [1.54, 1.807) is 6.07 Å². The fourth-order valence-electron chi connectivity index (χ4n) is 1.43. The maximum atomic E-state index is 5.60. The van der Waals surface area contributed by atoms with E-state index in [1.807, 2.05) is 23.5 Å². The van der Waals surface area contributed by atoms with Crippen LogP contribution in [0.5, 0.6) is 0 Å². The lowest BCUT2D eigenvalue weighted by molar-refractivity contribution is 1.14. The van der Waals surface area contributed by atoms with Crippen molar-refractivity contribution in [2.75, 3.05) is 11.1 Å². The summed E-state index contributed by atoms with van der Waals surface area (Å²) < 4.78 is 0. The number of rotatable bonds is 4. The van der Waals surface area contributed by atoms with Crippen LogP contribution in [0, 0.1) is 0 Å². The lowest BCUT2D eigenvalue weighted by atomic mass is 10.3. The third kappa shape index (κ3) is 2.73. The van der Waals surface area contributed by atoms with Crippen molar-refractivity contribution < 1.29 is 0 Å². The van der Waals surface area contributed by atoms with E-state index in [1.165, 1.54) is 9.75 Å². The van der Waals surface area contributed by atoms with Gasteiger partial charge in [0.05, 0.1) is 6.54 Å². The van der Waals surface area contributed by atoms with Crippen LogP contribution in [0.3, 0.4) is 0 Å². The molecule has 2 heterocycles. The van der Waals surface area contributed by atoms with Gasteiger partial charge in [-0.15, -0.1) is 11.3 Å². The first kappa shape index (κ1) is 11.0. The van der Waals surface area contributed by atoms with Crippen LogP contribution >= 0.6 is 11.3 Å². The van der Waals surface area contributed by atoms with Crippen molar-refractivity contribution in [2.45, 2.75) is 19.9 Å². The SMILES string of the molecule is CCc1ccc(CNc2cccc(N)n2)s1. The van der Waals surface area contributed by atoms with Gasteiger partial charge in [-0.3, -0.25) is 0 Å². The lowest BCUT2D eigenvalue weighted by Gasteiger charge is -2.03. The number of anilines is 2. The highest BCUT2D eigenvalue weighted by atomic mass is 32.1. The highest BCUT2D eigenvalue weighted by Crippen LogP contribution is 2.18. The van der Waals surface area contributed by atoms with Gasteiger partial charge >= 0.3 is 0 Å². The van der Waals surface area contributed by atoms with Crippen molar-refractivity contribution >= 4 is 23.0 Å². The average Bonchev–Trinajstić information content (AvgIpc) is 2.74. The molecule has 2 aromatic rings. The molecule has 4 heteroatoms. The van der Waals surface area contributed by atoms with Gasteiger partial charge in [0.1, 0.15) is 11.6 Å². The van der Waals surface area contributed by atoms with Gasteiger partial charge in [-0.05, 0) is 30.7 Å². The van der Waals surface area contributed by atoms with Crippen LogP contribution in [0.2, 0.25) is 0 Å². The van der Waals surface area contributed by atoms with Crippen LogP contribution in [-0.2, 0) is 13.0 Å². The van der Waals surface area contributed by atoms with Gasteiger partial charge < -0.3 is 11.1 Å². The Morgan fingerprint density at radius 2 is 2.06 bits per heavy atom. The third-order valence-electron chi connectivity index (χ3n) is 2.28. The van der Waals surface area contributed by atoms with Crippen molar-refractivity contribution in [3.05, 3.63) is 40.1 Å². The Kier molecular flexibility index (Phi) is 3.41. The first-order valence-corrected chi connectivity index (χ1v) is 6.13. The normalized spacial score (nSPS) is 10.3. The molecule has 0 amide bonds. The minimum Gasteiger partial charge on any atom is -0.384 e. The van der Waals surface area contributed by atoms with Crippen molar-refractivity contribution in [1.29, 1.82) is 0 Å². The summed E-state index contributed by atoms with van der Waals surface area (Å²) in [6.07, 6.45) is 1.10. The molecule has 2 rings (SSSR count). The smallest absolute Gasteiger partial charge is 0.128 e. The quantitative estimate of drug-likeness (QED) is 0.853. The summed E-state index contributed by atoms with van der Waals surface area (Å²) in [4.78, 5) is 6.92. The molecule has 0 saturated carbocycles. The Morgan fingerprint density at radius 1 is 1.25 bits per heavy atom. The van der Waals surface area contributed by atoms with Gasteiger partial charge in [-0.1, -0.05) is 13.0 Å². The molecule has 3 N–H and O–H groups in total. The molecule has 16 heavy (non-hydrogen) atoms. The molecule has 0 aliphatic carbocycles. The molecule has 84 valence electrons. The van der Waals surface area contributed by atoms with Crippen molar-refractivity contribution in [3.8, 4) is 0 Å². The number of nitrogens with two attached hydrogens (primary N) is 1. The molecule has 0 fully saturated rings. The monoisotopic (exact) mass is 233 g/mol. The molecule has 0 bridgehead atoms. The second-order valence-corrected chi connectivity index (χ2v) is 4.78. The fraction of sp³-hybridized carbons (Fsp3) is 0.250. The van der Waals surface area contributed by atoms with Gasteiger partial charge in [-0.25, -0.2) is 4.98 Å². The number of hydrogen-bond acceptors (Lipinski definition) is 4. The Hall–Kier alpha value is -1.55. The summed E-state index contributed by atoms with van der Waals surface area (Å²) >= 11 is 1.83. The van der Waals surface area contributed by atoms with Crippen LogP contribution in [0.25, 0.3) is 0 Å². The van der Waals surface area contributed by atoms with Gasteiger partial charge in [0, 0.05) is 9.75 Å². The Balaban J connectivity index is 1.96. The number of nitrogen functional groups attached to an aromatic ring is 1. The van der Waals surface area contributed by atoms with Crippen LogP contribution in [-0.4, -0.2) is 4.98 Å². The molecule has 0 spiro atoms. The predicted molar refractivity (Wildman–Crippen MR) is 69.7 cm³/mol. The maximum Gasteiger partial charge on any atom is 0.128 e. The summed E-state index contributed by atoms with van der Waals surface area (Å²) in [6, 6.07) is 9.93. The molecule has 3 nitrogen and oxygen atoms in total. The molecule has 0 radical (unpaired) electrons. The molecule has 0 aliphatic rings. The van der Waals surface area contributed by atoms with E-state index in [2.05, 4.69) is 29.4 Å². The summed E-state index contributed by atoms with van der Waals surface area (Å²) in [5.74, 6) is 1.37. The second-order valence-electron chi connectivity index (χ2n) is 3.52. The number of aryl methyl sites for hydroxylation is 1. The topological polar surface area (TPSA) is 50.9 Å². The molecule has 0 saturated heterocycles. The second kappa shape index (κ2) is 4.99. The van der Waals surface area contributed by atoms with E-state index in [0.717, 1.165) is 18.8 Å². The minimum absolute atomic E-state index is 0.547. The number of nitrogens with one attached hydrogen (secondary N) is 1. The van der Waals surface area contributed by atoms with Crippen molar-refractivity contribution in [1.82, 2.24) is 4.98 Å². The van der Waals surface area contributed by atoms with Crippen molar-refractivity contribution in [2.24, 2.45) is 0 Å². The van der Waals surface area contributed by atoms with E-state index in [-0.39, 0.29) is 0 Å². The lowest BCUT2D eigenvalue weighted by Crippen LogP contribution is -2.01. The van der Waals surface area contributed by atoms with E-state index >= 15 is 0 Å². The van der Waals surface area contributed by atoms with Crippen LogP contribution in [0.4, 0.5) is 11.6 Å². The molecular formula is C12H15N3S. The van der Waals surface area contributed by atoms with Crippen LogP contribution in [0.15, 0.2) is 30.3 Å². The number of aromatic nitrogens is 1. The van der Waals surface area contributed by atoms with Gasteiger partial charge in [-0.2, -0.15) is 0 Å². The van der Waals surface area contributed by atoms with Crippen LogP contribution in [0.1, 0.15) is 16.7 Å². The maximum absolute atomic E-state index is 5.60. The van der Waals surface area contributed by atoms with E-state index in [9.17, 15) is 0 Å². The standard InChI is InChI=1S/C12H15N3S/c1-2-9-6-7-10(16-9)8-14-12-5-3-4-11(13)15-12/h3-7H,2,8H2,1H3,(H3,13,14,15). The first-order chi connectivity index (χ1) is 7.78. The van der Waals surface area contributed by atoms with Gasteiger partial charge in [0.15, 0.2) is 0 Å². The summed E-state index contributed by atoms with van der Waals surface area (Å²) in [6.45, 7) is 2.98. The highest BCUT2D eigenvalue weighted by molar-refractivity contribution is 7.12. The number of thiophene rings is 1. The fourth-order valence-corrected chi connectivity index (χ4v) is 2.33. The molecule has 0 unspecified atom stereocenters. The molecule has 0 aromatic carbocycles. The zero-order chi connectivity index (χ0) is 11.4. The number of nitrogens with zero attached hydrogens (tertiary/aromatic N) is 1. The summed E-state index contributed by atoms with van der Waals surface area (Å²) in [5, 5.41) is 3.26. The predicted octanol–water partition coefficient (Wildman–Crippen LogP) is 2.90. The van der Waals surface area contributed by atoms with Gasteiger partial charge in [0.25, 0.3) is 0 Å². The van der Waals surface area contributed by atoms with Crippen molar-refractivity contribution in [3.63, 3.8) is 0 Å². The number of hydrogen-bond donors (Lipinski definition) is 2. The molecule has 0 aliphatic heterocycles. The van der Waals surface area contributed by atoms with Gasteiger partial charge in [0.2, 0.25) is 0 Å². The highest BCUT2D eigenvalue weighted by Gasteiger charge is 1.99. The summed E-state index contributed by atoms with van der Waals surface area (Å²) in [5.41, 5.74) is 5.60. The van der Waals surface area contributed by atoms with Crippen LogP contribution < -0.4 is 11.1 Å². The van der Waals surface area contributed by atoms with E-state index < -0.39 is 0 Å². The molecule has 0 atom stereocenters. The van der Waals surface area contributed by atoms with E-state index in [4.69, 9.17) is 5.73 Å². The summed E-state index contributed by atoms with van der Waals surface area (Å²) in [7, 11) is 0. The Labute approximate surface area is 99.3 Å². The molecule has 2 aromatic heterocycles. The largest absolute Gasteiger partial charge is 0.384 e. The Morgan fingerprint density at radius 3 is 2.75 bits per heavy atom. The van der Waals surface area contributed by atoms with E-state index in [0.29, 0.717) is 5.82 Å². The zero-order valence-corrected chi connectivity index (χ0v) is 10.1. The zero-order valence-electron chi connectivity index (χ0n) is 9.23. The number of pyridine rings is 1. The average molecular weight is 233 g/mol. The molecular weight excluding hydrogens is 218 g/mol. The minimum atomic E-state index is 0.547. The first-order valence-electron chi connectivity index (χ1n) is 5.32. The third-order valence-corrected chi connectivity index (χ3v) is 3.51.